The van der Waals surface area contributed by atoms with Crippen molar-refractivity contribution in [2.24, 2.45) is 0 Å². The van der Waals surface area contributed by atoms with Crippen molar-refractivity contribution in [2.75, 3.05) is 20.2 Å². The Morgan fingerprint density at radius 2 is 2.39 bits per heavy atom. The predicted molar refractivity (Wildman–Crippen MR) is 70.4 cm³/mol. The van der Waals surface area contributed by atoms with Gasteiger partial charge in [0.05, 0.1) is 12.7 Å². The van der Waals surface area contributed by atoms with Crippen molar-refractivity contribution in [2.45, 2.75) is 25.4 Å². The summed E-state index contributed by atoms with van der Waals surface area (Å²) in [7, 11) is 1.59. The summed E-state index contributed by atoms with van der Waals surface area (Å²) in [4.78, 5) is 0. The quantitative estimate of drug-likeness (QED) is 0.842. The standard InChI is InChI=1S/C14H19N3O/c1-14(5-6-16-10-14)17-9-11-3-4-12(8-15)13(7-11)18-2/h3-4,7,16-17H,5-6,9-10H2,1-2H3. The second-order valence-electron chi connectivity index (χ2n) is 4.99. The highest BCUT2D eigenvalue weighted by molar-refractivity contribution is 5.45. The Balaban J connectivity index is 2.04. The van der Waals surface area contributed by atoms with Crippen molar-refractivity contribution < 1.29 is 4.74 Å². The summed E-state index contributed by atoms with van der Waals surface area (Å²) in [5.41, 5.74) is 1.88. The van der Waals surface area contributed by atoms with Crippen molar-refractivity contribution in [1.82, 2.24) is 10.6 Å². The van der Waals surface area contributed by atoms with Gasteiger partial charge >= 0.3 is 0 Å². The van der Waals surface area contributed by atoms with Gasteiger partial charge in [0.15, 0.2) is 0 Å². The first-order valence-electron chi connectivity index (χ1n) is 6.20. The van der Waals surface area contributed by atoms with Crippen LogP contribution in [-0.4, -0.2) is 25.7 Å². The second kappa shape index (κ2) is 5.38. The van der Waals surface area contributed by atoms with E-state index >= 15 is 0 Å². The molecule has 1 heterocycles. The highest BCUT2D eigenvalue weighted by Gasteiger charge is 2.27. The fraction of sp³-hybridized carbons (Fsp3) is 0.500. The molecule has 4 heteroatoms. The van der Waals surface area contributed by atoms with Gasteiger partial charge in [-0.1, -0.05) is 6.07 Å². The highest BCUT2D eigenvalue weighted by Crippen LogP contribution is 2.20. The van der Waals surface area contributed by atoms with Crippen molar-refractivity contribution in [1.29, 1.82) is 5.26 Å². The number of nitrogens with one attached hydrogen (secondary N) is 2. The van der Waals surface area contributed by atoms with Crippen LogP contribution in [0.4, 0.5) is 0 Å². The Morgan fingerprint density at radius 1 is 1.56 bits per heavy atom. The molecule has 0 spiro atoms. The summed E-state index contributed by atoms with van der Waals surface area (Å²) in [6.07, 6.45) is 1.14. The van der Waals surface area contributed by atoms with Crippen molar-refractivity contribution in [3.63, 3.8) is 0 Å². The van der Waals surface area contributed by atoms with Crippen LogP contribution in [0.5, 0.6) is 5.75 Å². The molecule has 0 amide bonds. The van der Waals surface area contributed by atoms with Gasteiger partial charge in [-0.15, -0.1) is 0 Å². The van der Waals surface area contributed by atoms with Crippen molar-refractivity contribution in [3.8, 4) is 11.8 Å². The van der Waals surface area contributed by atoms with Crippen LogP contribution in [0.15, 0.2) is 18.2 Å². The summed E-state index contributed by atoms with van der Waals surface area (Å²) in [6, 6.07) is 7.83. The number of hydrogen-bond acceptors (Lipinski definition) is 4. The monoisotopic (exact) mass is 245 g/mol. The van der Waals surface area contributed by atoms with Gasteiger partial charge in [0.2, 0.25) is 0 Å². The molecule has 0 saturated carbocycles. The predicted octanol–water partition coefficient (Wildman–Crippen LogP) is 1.41. The highest BCUT2D eigenvalue weighted by atomic mass is 16.5. The van der Waals surface area contributed by atoms with E-state index in [4.69, 9.17) is 10.00 Å². The van der Waals surface area contributed by atoms with Crippen LogP contribution in [0.2, 0.25) is 0 Å². The Morgan fingerprint density at radius 3 is 3.00 bits per heavy atom. The van der Waals surface area contributed by atoms with E-state index in [1.54, 1.807) is 7.11 Å². The molecule has 2 rings (SSSR count). The lowest BCUT2D eigenvalue weighted by molar-refractivity contribution is 0.383. The summed E-state index contributed by atoms with van der Waals surface area (Å²) in [6.45, 7) is 5.09. The van der Waals surface area contributed by atoms with Gasteiger partial charge in [0.1, 0.15) is 11.8 Å². The number of methoxy groups -OCH3 is 1. The number of ether oxygens (including phenoxy) is 1. The van der Waals surface area contributed by atoms with Crippen LogP contribution in [0, 0.1) is 11.3 Å². The van der Waals surface area contributed by atoms with E-state index in [-0.39, 0.29) is 5.54 Å². The zero-order valence-corrected chi connectivity index (χ0v) is 10.9. The third-order valence-corrected chi connectivity index (χ3v) is 3.47. The number of rotatable bonds is 4. The molecule has 1 fully saturated rings. The zero-order chi connectivity index (χ0) is 13.0. The summed E-state index contributed by atoms with van der Waals surface area (Å²) in [5.74, 6) is 0.645. The minimum absolute atomic E-state index is 0.168. The molecule has 1 aliphatic rings. The topological polar surface area (TPSA) is 57.1 Å². The van der Waals surface area contributed by atoms with Gasteiger partial charge in [0, 0.05) is 18.6 Å². The molecule has 96 valence electrons. The molecule has 18 heavy (non-hydrogen) atoms. The number of benzene rings is 1. The number of nitrogens with zero attached hydrogens (tertiary/aromatic N) is 1. The molecule has 1 atom stereocenters. The van der Waals surface area contributed by atoms with Crippen LogP contribution in [0.25, 0.3) is 0 Å². The fourth-order valence-electron chi connectivity index (χ4n) is 2.22. The Bertz CT molecular complexity index is 459. The van der Waals surface area contributed by atoms with Crippen LogP contribution in [-0.2, 0) is 6.54 Å². The van der Waals surface area contributed by atoms with E-state index in [9.17, 15) is 0 Å². The summed E-state index contributed by atoms with van der Waals surface area (Å²) < 4.78 is 5.21. The molecular weight excluding hydrogens is 226 g/mol. The van der Waals surface area contributed by atoms with Crippen LogP contribution < -0.4 is 15.4 Å². The maximum atomic E-state index is 8.93. The smallest absolute Gasteiger partial charge is 0.136 e. The first kappa shape index (κ1) is 12.9. The van der Waals surface area contributed by atoms with Gasteiger partial charge in [-0.05, 0) is 37.6 Å². The maximum Gasteiger partial charge on any atom is 0.136 e. The van der Waals surface area contributed by atoms with E-state index in [0.717, 1.165) is 31.6 Å². The van der Waals surface area contributed by atoms with Gasteiger partial charge < -0.3 is 15.4 Å². The third-order valence-electron chi connectivity index (χ3n) is 3.47. The number of nitriles is 1. The molecule has 0 radical (unpaired) electrons. The lowest BCUT2D eigenvalue weighted by Gasteiger charge is -2.24. The lowest BCUT2D eigenvalue weighted by Crippen LogP contribution is -2.43. The molecule has 0 bridgehead atoms. The number of hydrogen-bond donors (Lipinski definition) is 2. The summed E-state index contributed by atoms with van der Waals surface area (Å²) >= 11 is 0. The minimum Gasteiger partial charge on any atom is -0.495 e. The molecule has 2 N–H and O–H groups in total. The van der Waals surface area contributed by atoms with Gasteiger partial charge in [-0.3, -0.25) is 0 Å². The molecule has 1 saturated heterocycles. The van der Waals surface area contributed by atoms with Crippen LogP contribution in [0.3, 0.4) is 0 Å². The second-order valence-corrected chi connectivity index (χ2v) is 4.99. The molecule has 0 aliphatic carbocycles. The van der Waals surface area contributed by atoms with Gasteiger partial charge in [0.25, 0.3) is 0 Å². The fourth-order valence-corrected chi connectivity index (χ4v) is 2.22. The van der Waals surface area contributed by atoms with E-state index in [0.29, 0.717) is 11.3 Å². The Kier molecular flexibility index (Phi) is 3.85. The molecule has 0 aromatic heterocycles. The third kappa shape index (κ3) is 2.81. The Labute approximate surface area is 108 Å². The van der Waals surface area contributed by atoms with E-state index in [1.165, 1.54) is 0 Å². The molecular formula is C14H19N3O. The summed E-state index contributed by atoms with van der Waals surface area (Å²) in [5, 5.41) is 15.9. The van der Waals surface area contributed by atoms with E-state index in [1.807, 2.05) is 18.2 Å². The van der Waals surface area contributed by atoms with Crippen molar-refractivity contribution >= 4 is 0 Å². The Hall–Kier alpha value is -1.57. The van der Waals surface area contributed by atoms with Gasteiger partial charge in [-0.2, -0.15) is 5.26 Å². The SMILES string of the molecule is COc1cc(CNC2(C)CCNC2)ccc1C#N. The molecule has 1 aliphatic heterocycles. The molecule has 1 aromatic rings. The van der Waals surface area contributed by atoms with Crippen LogP contribution in [0.1, 0.15) is 24.5 Å². The van der Waals surface area contributed by atoms with Crippen LogP contribution >= 0.6 is 0 Å². The largest absolute Gasteiger partial charge is 0.495 e. The van der Waals surface area contributed by atoms with Gasteiger partial charge in [-0.25, -0.2) is 0 Å². The normalized spacial score (nSPS) is 22.7. The van der Waals surface area contributed by atoms with Crippen molar-refractivity contribution in [3.05, 3.63) is 29.3 Å². The first-order chi connectivity index (χ1) is 8.67. The lowest BCUT2D eigenvalue weighted by atomic mass is 10.0. The van der Waals surface area contributed by atoms with E-state index < -0.39 is 0 Å². The molecule has 4 nitrogen and oxygen atoms in total. The molecule has 1 aromatic carbocycles. The van der Waals surface area contributed by atoms with E-state index in [2.05, 4.69) is 23.6 Å². The first-order valence-corrected chi connectivity index (χ1v) is 6.20. The average molecular weight is 245 g/mol. The average Bonchev–Trinajstić information content (AvgIpc) is 2.83. The minimum atomic E-state index is 0.168. The molecule has 1 unspecified atom stereocenters. The zero-order valence-electron chi connectivity index (χ0n) is 10.9. The maximum absolute atomic E-state index is 8.93.